The second-order valence-electron chi connectivity index (χ2n) is 6.26. The largest absolute Gasteiger partial charge is 0.352 e. The van der Waals surface area contributed by atoms with Crippen molar-refractivity contribution in [1.29, 1.82) is 0 Å². The molecular formula is C19H25N5OS. The smallest absolute Gasteiger partial charge is 0.222 e. The van der Waals surface area contributed by atoms with Crippen LogP contribution in [0, 0.1) is 0 Å². The van der Waals surface area contributed by atoms with Crippen LogP contribution in [-0.2, 0) is 11.3 Å². The van der Waals surface area contributed by atoms with Gasteiger partial charge >= 0.3 is 0 Å². The Balaban J connectivity index is 1.51. The Kier molecular flexibility index (Phi) is 6.22. The summed E-state index contributed by atoms with van der Waals surface area (Å²) in [5, 5.41) is 9.81. The Hall–Kier alpha value is -2.41. The highest BCUT2D eigenvalue weighted by atomic mass is 32.1. The maximum Gasteiger partial charge on any atom is 0.222 e. The number of nitrogens with one attached hydrogen (secondary N) is 2. The predicted octanol–water partition coefficient (Wildman–Crippen LogP) is 2.49. The van der Waals surface area contributed by atoms with Crippen molar-refractivity contribution in [3.05, 3.63) is 41.4 Å². The molecule has 1 fully saturated rings. The number of hydrogen-bond donors (Lipinski definition) is 2. The SMILES string of the molecule is CCC(=O)N1CCC(NC(=NC)NCc2csc(-c3ccccc3)n2)C1. The fourth-order valence-electron chi connectivity index (χ4n) is 2.99. The van der Waals surface area contributed by atoms with Crippen molar-refractivity contribution < 1.29 is 4.79 Å². The van der Waals surface area contributed by atoms with E-state index in [9.17, 15) is 4.79 Å². The molecule has 1 aliphatic heterocycles. The predicted molar refractivity (Wildman–Crippen MR) is 106 cm³/mol. The molecule has 2 heterocycles. The third kappa shape index (κ3) is 4.60. The summed E-state index contributed by atoms with van der Waals surface area (Å²) in [5.74, 6) is 0.961. The van der Waals surface area contributed by atoms with E-state index in [4.69, 9.17) is 0 Å². The molecule has 0 radical (unpaired) electrons. The maximum atomic E-state index is 11.8. The first-order chi connectivity index (χ1) is 12.7. The molecule has 7 heteroatoms. The summed E-state index contributed by atoms with van der Waals surface area (Å²) in [6, 6.07) is 10.4. The van der Waals surface area contributed by atoms with Crippen molar-refractivity contribution in [2.45, 2.75) is 32.4 Å². The summed E-state index contributed by atoms with van der Waals surface area (Å²) in [4.78, 5) is 22.7. The number of carbonyl (C=O) groups excluding carboxylic acids is 1. The van der Waals surface area contributed by atoms with E-state index in [1.807, 2.05) is 30.0 Å². The van der Waals surface area contributed by atoms with Gasteiger partial charge in [-0.2, -0.15) is 0 Å². The molecule has 0 spiro atoms. The van der Waals surface area contributed by atoms with Gasteiger partial charge in [0, 0.05) is 43.5 Å². The van der Waals surface area contributed by atoms with E-state index in [-0.39, 0.29) is 11.9 Å². The summed E-state index contributed by atoms with van der Waals surface area (Å²) in [7, 11) is 1.76. The van der Waals surface area contributed by atoms with Crippen molar-refractivity contribution in [2.24, 2.45) is 4.99 Å². The van der Waals surface area contributed by atoms with Gasteiger partial charge in [-0.1, -0.05) is 37.3 Å². The minimum Gasteiger partial charge on any atom is -0.352 e. The molecule has 0 saturated carbocycles. The number of nitrogens with zero attached hydrogens (tertiary/aromatic N) is 3. The zero-order valence-corrected chi connectivity index (χ0v) is 16.1. The number of thiazole rings is 1. The van der Waals surface area contributed by atoms with Crippen LogP contribution in [0.2, 0.25) is 0 Å². The minimum atomic E-state index is 0.216. The van der Waals surface area contributed by atoms with E-state index in [0.29, 0.717) is 13.0 Å². The fraction of sp³-hybridized carbons (Fsp3) is 0.421. The molecular weight excluding hydrogens is 346 g/mol. The lowest BCUT2D eigenvalue weighted by atomic mass is 10.2. The number of amides is 1. The lowest BCUT2D eigenvalue weighted by Crippen LogP contribution is -2.44. The standard InChI is InChI=1S/C19H25N5OS/c1-3-17(25)24-10-9-15(12-24)23-19(20-2)21-11-16-13-26-18(22-16)14-7-5-4-6-8-14/h4-8,13,15H,3,9-12H2,1-2H3,(H2,20,21,23). The second kappa shape index (κ2) is 8.80. The van der Waals surface area contributed by atoms with Gasteiger partial charge in [-0.15, -0.1) is 11.3 Å². The summed E-state index contributed by atoms with van der Waals surface area (Å²) in [5.41, 5.74) is 2.13. The number of aliphatic imine (C=N–C) groups is 1. The van der Waals surface area contributed by atoms with Gasteiger partial charge in [0.2, 0.25) is 5.91 Å². The molecule has 138 valence electrons. The number of likely N-dealkylation sites (tertiary alicyclic amines) is 1. The van der Waals surface area contributed by atoms with Crippen LogP contribution in [0.3, 0.4) is 0 Å². The third-order valence-corrected chi connectivity index (χ3v) is 5.36. The van der Waals surface area contributed by atoms with Crippen LogP contribution in [-0.4, -0.2) is 47.9 Å². The molecule has 1 aromatic carbocycles. The first kappa shape index (κ1) is 18.4. The third-order valence-electron chi connectivity index (χ3n) is 4.42. The number of rotatable bonds is 5. The van der Waals surface area contributed by atoms with E-state index in [0.717, 1.165) is 41.7 Å². The van der Waals surface area contributed by atoms with E-state index >= 15 is 0 Å². The molecule has 1 saturated heterocycles. The van der Waals surface area contributed by atoms with Crippen LogP contribution in [0.4, 0.5) is 0 Å². The van der Waals surface area contributed by atoms with Crippen LogP contribution in [0.5, 0.6) is 0 Å². The molecule has 6 nitrogen and oxygen atoms in total. The number of guanidine groups is 1. The molecule has 1 aromatic heterocycles. The van der Waals surface area contributed by atoms with Gasteiger partial charge in [-0.3, -0.25) is 9.79 Å². The summed E-state index contributed by atoms with van der Waals surface area (Å²) < 4.78 is 0. The molecule has 0 aliphatic carbocycles. The van der Waals surface area contributed by atoms with Crippen molar-refractivity contribution in [1.82, 2.24) is 20.5 Å². The van der Waals surface area contributed by atoms with Gasteiger partial charge < -0.3 is 15.5 Å². The van der Waals surface area contributed by atoms with Crippen molar-refractivity contribution in [3.63, 3.8) is 0 Å². The molecule has 1 atom stereocenters. The van der Waals surface area contributed by atoms with E-state index < -0.39 is 0 Å². The van der Waals surface area contributed by atoms with Crippen molar-refractivity contribution in [3.8, 4) is 10.6 Å². The lowest BCUT2D eigenvalue weighted by Gasteiger charge is -2.18. The molecule has 3 rings (SSSR count). The van der Waals surface area contributed by atoms with Crippen LogP contribution < -0.4 is 10.6 Å². The normalized spacial score (nSPS) is 17.4. The average Bonchev–Trinajstić information content (AvgIpc) is 3.35. The maximum absolute atomic E-state index is 11.8. The zero-order chi connectivity index (χ0) is 18.4. The average molecular weight is 372 g/mol. The topological polar surface area (TPSA) is 69.6 Å². The molecule has 0 bridgehead atoms. The number of benzene rings is 1. The molecule has 2 N–H and O–H groups in total. The number of aromatic nitrogens is 1. The van der Waals surface area contributed by atoms with Crippen LogP contribution >= 0.6 is 11.3 Å². The Morgan fingerprint density at radius 2 is 2.19 bits per heavy atom. The Morgan fingerprint density at radius 1 is 1.38 bits per heavy atom. The zero-order valence-electron chi connectivity index (χ0n) is 15.2. The summed E-state index contributed by atoms with van der Waals surface area (Å²) in [6.45, 7) is 4.07. The van der Waals surface area contributed by atoms with Crippen LogP contribution in [0.1, 0.15) is 25.5 Å². The molecule has 1 amide bonds. The highest BCUT2D eigenvalue weighted by Crippen LogP contribution is 2.23. The number of carbonyl (C=O) groups is 1. The minimum absolute atomic E-state index is 0.216. The Labute approximate surface area is 158 Å². The van der Waals surface area contributed by atoms with E-state index in [2.05, 4.69) is 38.1 Å². The second-order valence-corrected chi connectivity index (χ2v) is 7.12. The van der Waals surface area contributed by atoms with Gasteiger partial charge in [-0.25, -0.2) is 4.98 Å². The van der Waals surface area contributed by atoms with Crippen LogP contribution in [0.25, 0.3) is 10.6 Å². The van der Waals surface area contributed by atoms with Gasteiger partial charge in [0.15, 0.2) is 5.96 Å². The summed E-state index contributed by atoms with van der Waals surface area (Å²) in [6.07, 6.45) is 1.51. The number of hydrogen-bond acceptors (Lipinski definition) is 4. The van der Waals surface area contributed by atoms with Crippen molar-refractivity contribution >= 4 is 23.2 Å². The van der Waals surface area contributed by atoms with E-state index in [1.54, 1.807) is 18.4 Å². The first-order valence-electron chi connectivity index (χ1n) is 8.94. The van der Waals surface area contributed by atoms with Gasteiger partial charge in [-0.05, 0) is 6.42 Å². The Morgan fingerprint density at radius 3 is 2.92 bits per heavy atom. The molecule has 26 heavy (non-hydrogen) atoms. The van der Waals surface area contributed by atoms with E-state index in [1.165, 1.54) is 0 Å². The summed E-state index contributed by atoms with van der Waals surface area (Å²) >= 11 is 1.65. The quantitative estimate of drug-likeness (QED) is 0.626. The molecule has 2 aromatic rings. The van der Waals surface area contributed by atoms with Gasteiger partial charge in [0.05, 0.1) is 12.2 Å². The van der Waals surface area contributed by atoms with Crippen molar-refractivity contribution in [2.75, 3.05) is 20.1 Å². The van der Waals surface area contributed by atoms with Gasteiger partial charge in [0.1, 0.15) is 5.01 Å². The van der Waals surface area contributed by atoms with Crippen LogP contribution in [0.15, 0.2) is 40.7 Å². The lowest BCUT2D eigenvalue weighted by molar-refractivity contribution is -0.129. The first-order valence-corrected chi connectivity index (χ1v) is 9.82. The molecule has 1 unspecified atom stereocenters. The monoisotopic (exact) mass is 371 g/mol. The Bertz CT molecular complexity index is 758. The highest BCUT2D eigenvalue weighted by molar-refractivity contribution is 7.13. The highest BCUT2D eigenvalue weighted by Gasteiger charge is 2.25. The van der Waals surface area contributed by atoms with Gasteiger partial charge in [0.25, 0.3) is 0 Å². The fourth-order valence-corrected chi connectivity index (χ4v) is 3.82. The molecule has 1 aliphatic rings.